The van der Waals surface area contributed by atoms with Gasteiger partial charge in [0.25, 0.3) is 11.8 Å². The van der Waals surface area contributed by atoms with E-state index in [1.807, 2.05) is 12.1 Å². The minimum atomic E-state index is -2.69. The van der Waals surface area contributed by atoms with Gasteiger partial charge in [0.1, 0.15) is 0 Å². The molecule has 1 saturated heterocycles. The van der Waals surface area contributed by atoms with Crippen molar-refractivity contribution >= 4 is 22.5 Å². The van der Waals surface area contributed by atoms with Gasteiger partial charge in [-0.15, -0.1) is 5.10 Å². The van der Waals surface area contributed by atoms with Crippen LogP contribution >= 0.6 is 0 Å². The van der Waals surface area contributed by atoms with E-state index in [1.54, 1.807) is 41.3 Å². The summed E-state index contributed by atoms with van der Waals surface area (Å²) in [6.07, 6.45) is 4.52. The number of halogens is 2. The van der Waals surface area contributed by atoms with Crippen LogP contribution in [0.3, 0.4) is 0 Å². The van der Waals surface area contributed by atoms with Crippen LogP contribution in [0.1, 0.15) is 23.2 Å². The second-order valence-corrected chi connectivity index (χ2v) is 7.13. The van der Waals surface area contributed by atoms with E-state index in [4.69, 9.17) is 0 Å². The molecule has 5 rings (SSSR count). The molecular formula is C20H16F2N6O. The van der Waals surface area contributed by atoms with Crippen molar-refractivity contribution in [2.24, 2.45) is 0 Å². The maximum atomic E-state index is 13.4. The molecule has 0 radical (unpaired) electrons. The van der Waals surface area contributed by atoms with Crippen LogP contribution in [0, 0.1) is 0 Å². The molecule has 1 aromatic carbocycles. The molecule has 29 heavy (non-hydrogen) atoms. The largest absolute Gasteiger partial charge is 0.338 e. The van der Waals surface area contributed by atoms with E-state index < -0.39 is 5.92 Å². The van der Waals surface area contributed by atoms with Gasteiger partial charge in [-0.25, -0.2) is 18.3 Å². The maximum absolute atomic E-state index is 13.4. The molecule has 4 heterocycles. The van der Waals surface area contributed by atoms with Crippen molar-refractivity contribution in [1.82, 2.24) is 29.7 Å². The highest BCUT2D eigenvalue weighted by molar-refractivity contribution is 5.97. The maximum Gasteiger partial charge on any atom is 0.253 e. The first-order chi connectivity index (χ1) is 14.0. The van der Waals surface area contributed by atoms with Crippen LogP contribution in [0.4, 0.5) is 8.78 Å². The molecule has 0 bridgehead atoms. The first-order valence-corrected chi connectivity index (χ1v) is 9.23. The molecule has 0 spiro atoms. The number of amides is 1. The summed E-state index contributed by atoms with van der Waals surface area (Å²) in [5.41, 5.74) is 3.94. The highest BCUT2D eigenvalue weighted by Crippen LogP contribution is 2.28. The molecule has 4 aromatic rings. The minimum Gasteiger partial charge on any atom is -0.338 e. The van der Waals surface area contributed by atoms with Crippen LogP contribution in [0.15, 0.2) is 48.9 Å². The third-order valence-electron chi connectivity index (χ3n) is 5.16. The second kappa shape index (κ2) is 6.54. The Hall–Kier alpha value is -3.49. The zero-order valence-corrected chi connectivity index (χ0v) is 15.3. The molecule has 0 N–H and O–H groups in total. The molecule has 1 fully saturated rings. The number of hydrogen-bond acceptors (Lipinski definition) is 5. The Bertz CT molecular complexity index is 1230. The normalized spacial score (nSPS) is 16.4. The molecule has 0 unspecified atom stereocenters. The first kappa shape index (κ1) is 17.6. The van der Waals surface area contributed by atoms with Crippen LogP contribution in [0.2, 0.25) is 0 Å². The van der Waals surface area contributed by atoms with Gasteiger partial charge in [0, 0.05) is 43.3 Å². The third kappa shape index (κ3) is 3.28. The number of piperidine rings is 1. The van der Waals surface area contributed by atoms with Gasteiger partial charge in [-0.2, -0.15) is 0 Å². The van der Waals surface area contributed by atoms with Gasteiger partial charge in [0.15, 0.2) is 0 Å². The van der Waals surface area contributed by atoms with Crippen LogP contribution in [-0.4, -0.2) is 54.6 Å². The fourth-order valence-electron chi connectivity index (χ4n) is 3.48. The zero-order valence-electron chi connectivity index (χ0n) is 15.3. The summed E-state index contributed by atoms with van der Waals surface area (Å²) in [6.45, 7) is 0.0982. The Morgan fingerprint density at radius 1 is 1.03 bits per heavy atom. The molecule has 3 aromatic heterocycles. The number of hydrogen-bond donors (Lipinski definition) is 0. The van der Waals surface area contributed by atoms with Gasteiger partial charge in [-0.3, -0.25) is 9.78 Å². The summed E-state index contributed by atoms with van der Waals surface area (Å²) in [5.74, 6) is -2.95. The molecule has 1 aliphatic rings. The number of carbonyl (C=O) groups is 1. The molecule has 146 valence electrons. The lowest BCUT2D eigenvalue weighted by atomic mass is 10.1. The number of fused-ring (bicyclic) bond motifs is 2. The molecular weight excluding hydrogens is 378 g/mol. The van der Waals surface area contributed by atoms with E-state index >= 15 is 0 Å². The highest BCUT2D eigenvalue weighted by Gasteiger charge is 2.35. The Morgan fingerprint density at radius 3 is 2.69 bits per heavy atom. The Labute approximate surface area is 164 Å². The molecule has 0 aliphatic carbocycles. The summed E-state index contributed by atoms with van der Waals surface area (Å²) in [4.78, 5) is 23.3. The number of likely N-dealkylation sites (tertiary alicyclic amines) is 1. The average Bonchev–Trinajstić information content (AvgIpc) is 3.20. The number of rotatable bonds is 2. The van der Waals surface area contributed by atoms with Crippen molar-refractivity contribution in [2.75, 3.05) is 13.1 Å². The van der Waals surface area contributed by atoms with Crippen LogP contribution in [0.5, 0.6) is 0 Å². The van der Waals surface area contributed by atoms with Crippen molar-refractivity contribution in [1.29, 1.82) is 0 Å². The van der Waals surface area contributed by atoms with Gasteiger partial charge in [-0.05, 0) is 30.3 Å². The van der Waals surface area contributed by atoms with Crippen molar-refractivity contribution in [2.45, 2.75) is 18.8 Å². The molecule has 1 amide bonds. The zero-order chi connectivity index (χ0) is 20.0. The van der Waals surface area contributed by atoms with E-state index in [0.29, 0.717) is 22.3 Å². The lowest BCUT2D eigenvalue weighted by Gasteiger charge is -2.31. The number of pyridine rings is 1. The Kier molecular flexibility index (Phi) is 3.97. The van der Waals surface area contributed by atoms with Crippen LogP contribution in [-0.2, 0) is 0 Å². The quantitative estimate of drug-likeness (QED) is 0.522. The topological polar surface area (TPSA) is 76.3 Å². The van der Waals surface area contributed by atoms with Crippen molar-refractivity contribution in [3.63, 3.8) is 0 Å². The number of alkyl halides is 2. The molecule has 9 heteroatoms. The summed E-state index contributed by atoms with van der Waals surface area (Å²) in [6, 6.07) is 8.82. The van der Waals surface area contributed by atoms with Gasteiger partial charge in [0.05, 0.1) is 34.6 Å². The lowest BCUT2D eigenvalue weighted by Crippen LogP contribution is -2.42. The van der Waals surface area contributed by atoms with Crippen molar-refractivity contribution in [3.05, 3.63) is 54.5 Å². The van der Waals surface area contributed by atoms with E-state index in [-0.39, 0.29) is 31.8 Å². The predicted molar refractivity (Wildman–Crippen MR) is 102 cm³/mol. The fourth-order valence-corrected chi connectivity index (χ4v) is 3.48. The van der Waals surface area contributed by atoms with Gasteiger partial charge < -0.3 is 4.90 Å². The monoisotopic (exact) mass is 394 g/mol. The lowest BCUT2D eigenvalue weighted by molar-refractivity contribution is -0.0494. The number of benzene rings is 1. The first-order valence-electron chi connectivity index (χ1n) is 9.23. The number of carbonyl (C=O) groups excluding carboxylic acids is 1. The average molecular weight is 394 g/mol. The number of nitrogens with zero attached hydrogens (tertiary/aromatic N) is 6. The predicted octanol–water partition coefficient (Wildman–Crippen LogP) is 3.21. The Morgan fingerprint density at radius 2 is 1.86 bits per heavy atom. The van der Waals surface area contributed by atoms with Crippen LogP contribution < -0.4 is 0 Å². The van der Waals surface area contributed by atoms with E-state index in [9.17, 15) is 13.6 Å². The number of aromatic nitrogens is 5. The minimum absolute atomic E-state index is 0.0491. The van der Waals surface area contributed by atoms with E-state index in [2.05, 4.69) is 20.3 Å². The summed E-state index contributed by atoms with van der Waals surface area (Å²) < 4.78 is 28.4. The van der Waals surface area contributed by atoms with E-state index in [1.165, 1.54) is 4.90 Å². The second-order valence-electron chi connectivity index (χ2n) is 7.13. The van der Waals surface area contributed by atoms with Crippen molar-refractivity contribution in [3.8, 4) is 11.3 Å². The summed E-state index contributed by atoms with van der Waals surface area (Å²) in [5, 5.41) is 7.84. The van der Waals surface area contributed by atoms with Gasteiger partial charge in [0.2, 0.25) is 0 Å². The summed E-state index contributed by atoms with van der Waals surface area (Å²) in [7, 11) is 0. The molecule has 1 aliphatic heterocycles. The smallest absolute Gasteiger partial charge is 0.253 e. The van der Waals surface area contributed by atoms with Crippen molar-refractivity contribution < 1.29 is 13.6 Å². The standard InChI is InChI=1S/C20H16F2N6O/c21-20(22)5-7-27(8-6-20)19(29)13-2-4-16-17(9-13)25-18(11-23-16)14-1-3-15-10-24-26-28(15)12-14/h1-4,9-12H,5-8H2. The van der Waals surface area contributed by atoms with Gasteiger partial charge in [-0.1, -0.05) is 5.21 Å². The molecule has 0 atom stereocenters. The fraction of sp³-hybridized carbons (Fsp3) is 0.250. The van der Waals surface area contributed by atoms with Crippen LogP contribution in [0.25, 0.3) is 27.8 Å². The van der Waals surface area contributed by atoms with E-state index in [0.717, 1.165) is 11.1 Å². The Balaban J connectivity index is 1.47. The highest BCUT2D eigenvalue weighted by atomic mass is 19.3. The summed E-state index contributed by atoms with van der Waals surface area (Å²) >= 11 is 0. The SMILES string of the molecule is O=C(c1ccc2ncc(-c3ccc4cnnn4c3)nc2c1)N1CCC(F)(F)CC1. The third-order valence-corrected chi connectivity index (χ3v) is 5.16. The molecule has 0 saturated carbocycles. The molecule has 7 nitrogen and oxygen atoms in total. The van der Waals surface area contributed by atoms with Gasteiger partial charge >= 0.3 is 0 Å².